The van der Waals surface area contributed by atoms with Gasteiger partial charge in [0.15, 0.2) is 0 Å². The van der Waals surface area contributed by atoms with E-state index in [4.69, 9.17) is 4.74 Å². The molecule has 1 nitrogen and oxygen atoms in total. The van der Waals surface area contributed by atoms with Crippen LogP contribution in [0.2, 0.25) is 0 Å². The molecule has 68 valence electrons. The van der Waals surface area contributed by atoms with Crippen LogP contribution in [0.1, 0.15) is 13.8 Å². The number of hydrogen-bond acceptors (Lipinski definition) is 1. The van der Waals surface area contributed by atoms with Gasteiger partial charge in [-0.25, -0.2) is 0 Å². The van der Waals surface area contributed by atoms with Crippen LogP contribution in [-0.2, 0) is 0 Å². The molecule has 2 rings (SSSR count). The molecular weight excluding hydrogens is 227 g/mol. The number of ether oxygens (including phenoxy) is 1. The molecule has 0 aliphatic rings. The zero-order chi connectivity index (χ0) is 9.26. The van der Waals surface area contributed by atoms with E-state index in [1.165, 1.54) is 9.65 Å². The molecular formula is C11H12OSe. The SMILES string of the molecule is CC(C)Oc1cccc2cc[se]c12. The molecule has 2 aromatic rings. The molecule has 1 aromatic carbocycles. The van der Waals surface area contributed by atoms with Crippen molar-refractivity contribution in [2.75, 3.05) is 0 Å². The normalized spacial score (nSPS) is 11.0. The van der Waals surface area contributed by atoms with Gasteiger partial charge in [-0.2, -0.15) is 0 Å². The van der Waals surface area contributed by atoms with E-state index in [0.717, 1.165) is 5.75 Å². The summed E-state index contributed by atoms with van der Waals surface area (Å²) in [5.41, 5.74) is 0. The van der Waals surface area contributed by atoms with E-state index in [1.54, 1.807) is 0 Å². The zero-order valence-corrected chi connectivity index (χ0v) is 9.49. The zero-order valence-electron chi connectivity index (χ0n) is 7.78. The minimum atomic E-state index is 0.267. The van der Waals surface area contributed by atoms with Crippen LogP contribution in [0.3, 0.4) is 0 Å². The van der Waals surface area contributed by atoms with Crippen LogP contribution in [-0.4, -0.2) is 20.6 Å². The predicted octanol–water partition coefficient (Wildman–Crippen LogP) is 2.68. The Kier molecular flexibility index (Phi) is 2.43. The maximum atomic E-state index is 5.73. The molecule has 1 aromatic heterocycles. The summed E-state index contributed by atoms with van der Waals surface area (Å²) in [6.45, 7) is 4.13. The Morgan fingerprint density at radius 1 is 1.23 bits per heavy atom. The molecule has 1 heterocycles. The van der Waals surface area contributed by atoms with Crippen LogP contribution in [0.5, 0.6) is 5.75 Å². The summed E-state index contributed by atoms with van der Waals surface area (Å²) >= 11 is 0.473. The van der Waals surface area contributed by atoms with Gasteiger partial charge < -0.3 is 0 Å². The summed E-state index contributed by atoms with van der Waals surface area (Å²) in [6, 6.07) is 8.45. The van der Waals surface area contributed by atoms with Crippen LogP contribution in [0.4, 0.5) is 0 Å². The summed E-state index contributed by atoms with van der Waals surface area (Å²) in [6.07, 6.45) is 0.267. The van der Waals surface area contributed by atoms with E-state index >= 15 is 0 Å². The molecule has 2 heteroatoms. The van der Waals surface area contributed by atoms with Crippen molar-refractivity contribution in [3.63, 3.8) is 0 Å². The molecule has 0 atom stereocenters. The summed E-state index contributed by atoms with van der Waals surface area (Å²) in [5, 5.41) is 1.33. The predicted molar refractivity (Wildman–Crippen MR) is 56.7 cm³/mol. The second kappa shape index (κ2) is 3.57. The second-order valence-corrected chi connectivity index (χ2v) is 5.18. The van der Waals surface area contributed by atoms with Gasteiger partial charge in [0.1, 0.15) is 0 Å². The van der Waals surface area contributed by atoms with Gasteiger partial charge in [0.2, 0.25) is 0 Å². The van der Waals surface area contributed by atoms with Crippen molar-refractivity contribution in [3.8, 4) is 5.75 Å². The van der Waals surface area contributed by atoms with Gasteiger partial charge in [0.25, 0.3) is 0 Å². The maximum absolute atomic E-state index is 5.73. The molecule has 0 saturated carbocycles. The number of hydrogen-bond donors (Lipinski definition) is 0. The Hall–Kier alpha value is -0.721. The first-order valence-electron chi connectivity index (χ1n) is 4.40. The summed E-state index contributed by atoms with van der Waals surface area (Å²) in [4.78, 5) is 2.24. The van der Waals surface area contributed by atoms with Gasteiger partial charge in [-0.1, -0.05) is 0 Å². The Balaban J connectivity index is 2.48. The summed E-state index contributed by atoms with van der Waals surface area (Å²) in [5.74, 6) is 1.07. The van der Waals surface area contributed by atoms with Crippen LogP contribution in [0.15, 0.2) is 29.2 Å². The third kappa shape index (κ3) is 1.79. The van der Waals surface area contributed by atoms with E-state index in [9.17, 15) is 0 Å². The second-order valence-electron chi connectivity index (χ2n) is 3.26. The monoisotopic (exact) mass is 240 g/mol. The van der Waals surface area contributed by atoms with Gasteiger partial charge in [0, 0.05) is 0 Å². The van der Waals surface area contributed by atoms with Crippen molar-refractivity contribution in [1.82, 2.24) is 0 Å². The van der Waals surface area contributed by atoms with E-state index in [0.29, 0.717) is 14.5 Å². The molecule has 0 fully saturated rings. The van der Waals surface area contributed by atoms with Gasteiger partial charge >= 0.3 is 83.8 Å². The van der Waals surface area contributed by atoms with Crippen molar-refractivity contribution in [2.45, 2.75) is 20.0 Å². The van der Waals surface area contributed by atoms with Crippen LogP contribution < -0.4 is 4.74 Å². The Bertz CT molecular complexity index is 403. The van der Waals surface area contributed by atoms with Crippen molar-refractivity contribution in [1.29, 1.82) is 0 Å². The molecule has 0 aliphatic carbocycles. The Morgan fingerprint density at radius 3 is 2.85 bits per heavy atom. The Labute approximate surface area is 84.1 Å². The molecule has 0 radical (unpaired) electrons. The fourth-order valence-corrected chi connectivity index (χ4v) is 3.11. The first-order valence-corrected chi connectivity index (χ1v) is 6.25. The molecule has 0 spiro atoms. The van der Waals surface area contributed by atoms with E-state index in [-0.39, 0.29) is 6.10 Å². The van der Waals surface area contributed by atoms with Crippen LogP contribution >= 0.6 is 0 Å². The Morgan fingerprint density at radius 2 is 2.08 bits per heavy atom. The van der Waals surface area contributed by atoms with Crippen molar-refractivity contribution in [3.05, 3.63) is 29.2 Å². The molecule has 13 heavy (non-hydrogen) atoms. The molecule has 0 aliphatic heterocycles. The van der Waals surface area contributed by atoms with Crippen molar-refractivity contribution >= 4 is 24.1 Å². The fraction of sp³-hybridized carbons (Fsp3) is 0.273. The van der Waals surface area contributed by atoms with Crippen LogP contribution in [0, 0.1) is 0 Å². The summed E-state index contributed by atoms with van der Waals surface area (Å²) in [7, 11) is 0. The number of rotatable bonds is 2. The average molecular weight is 239 g/mol. The number of benzene rings is 1. The molecule has 0 unspecified atom stereocenters. The third-order valence-electron chi connectivity index (χ3n) is 1.81. The van der Waals surface area contributed by atoms with Crippen molar-refractivity contribution < 1.29 is 4.74 Å². The van der Waals surface area contributed by atoms with Crippen molar-refractivity contribution in [2.24, 2.45) is 0 Å². The standard InChI is InChI=1S/C11H12OSe/c1-8(2)12-10-5-3-4-9-6-7-13-11(9)10/h3-8H,1-2H3. The van der Waals surface area contributed by atoms with E-state index in [1.807, 2.05) is 0 Å². The quantitative estimate of drug-likeness (QED) is 0.732. The van der Waals surface area contributed by atoms with Crippen LogP contribution in [0.25, 0.3) is 9.65 Å². The molecule has 0 amide bonds. The topological polar surface area (TPSA) is 9.23 Å². The van der Waals surface area contributed by atoms with E-state index < -0.39 is 0 Å². The molecule has 0 bridgehead atoms. The summed E-state index contributed by atoms with van der Waals surface area (Å²) < 4.78 is 7.12. The molecule has 0 N–H and O–H groups in total. The minimum absolute atomic E-state index is 0.267. The fourth-order valence-electron chi connectivity index (χ4n) is 1.31. The van der Waals surface area contributed by atoms with E-state index in [2.05, 4.69) is 43.1 Å². The first-order chi connectivity index (χ1) is 6.27. The van der Waals surface area contributed by atoms with Gasteiger partial charge in [-0.3, -0.25) is 0 Å². The third-order valence-corrected chi connectivity index (χ3v) is 3.79. The van der Waals surface area contributed by atoms with Gasteiger partial charge in [-0.15, -0.1) is 0 Å². The van der Waals surface area contributed by atoms with Gasteiger partial charge in [-0.05, 0) is 0 Å². The van der Waals surface area contributed by atoms with Gasteiger partial charge in [0.05, 0.1) is 0 Å². The number of fused-ring (bicyclic) bond motifs is 1. The first kappa shape index (κ1) is 8.86. The average Bonchev–Trinajstić information content (AvgIpc) is 2.51. The molecule has 0 saturated heterocycles.